The summed E-state index contributed by atoms with van der Waals surface area (Å²) in [5.74, 6) is 1.35. The van der Waals surface area contributed by atoms with Gasteiger partial charge in [0.1, 0.15) is 0 Å². The molecule has 1 fully saturated rings. The first-order valence-corrected chi connectivity index (χ1v) is 10.4. The number of aryl methyl sites for hydroxylation is 2. The Kier molecular flexibility index (Phi) is 7.28. The Morgan fingerprint density at radius 2 is 1.93 bits per heavy atom. The molecule has 0 saturated carbocycles. The fourth-order valence-corrected chi connectivity index (χ4v) is 3.80. The fourth-order valence-electron chi connectivity index (χ4n) is 3.80. The van der Waals surface area contributed by atoms with E-state index in [4.69, 9.17) is 0 Å². The molecule has 0 spiro atoms. The van der Waals surface area contributed by atoms with Crippen LogP contribution in [0, 0.1) is 19.8 Å². The number of guanidine groups is 1. The maximum absolute atomic E-state index is 12.3. The highest BCUT2D eigenvalue weighted by Gasteiger charge is 2.29. The first-order valence-electron chi connectivity index (χ1n) is 10.4. The van der Waals surface area contributed by atoms with E-state index < -0.39 is 0 Å². The molecule has 5 heteroatoms. The van der Waals surface area contributed by atoms with Crippen LogP contribution in [0.25, 0.3) is 0 Å². The highest BCUT2D eigenvalue weighted by molar-refractivity contribution is 5.80. The van der Waals surface area contributed by atoms with Gasteiger partial charge in [-0.25, -0.2) is 0 Å². The summed E-state index contributed by atoms with van der Waals surface area (Å²) in [6.45, 7) is 7.33. The summed E-state index contributed by atoms with van der Waals surface area (Å²) in [5, 5.41) is 6.77. The summed E-state index contributed by atoms with van der Waals surface area (Å²) < 4.78 is 0. The van der Waals surface area contributed by atoms with Gasteiger partial charge in [-0.3, -0.25) is 9.79 Å². The fraction of sp³-hybridized carbons (Fsp3) is 0.417. The van der Waals surface area contributed by atoms with Gasteiger partial charge >= 0.3 is 0 Å². The van der Waals surface area contributed by atoms with Crippen LogP contribution in [0.2, 0.25) is 0 Å². The first kappa shape index (κ1) is 20.9. The molecule has 5 nitrogen and oxygen atoms in total. The monoisotopic (exact) mass is 392 g/mol. The van der Waals surface area contributed by atoms with Gasteiger partial charge in [0.05, 0.1) is 0 Å². The van der Waals surface area contributed by atoms with Crippen molar-refractivity contribution in [3.05, 3.63) is 70.8 Å². The highest BCUT2D eigenvalue weighted by atomic mass is 16.2. The molecule has 3 rings (SSSR count). The van der Waals surface area contributed by atoms with Crippen molar-refractivity contribution in [1.29, 1.82) is 0 Å². The molecule has 1 amide bonds. The number of benzene rings is 2. The summed E-state index contributed by atoms with van der Waals surface area (Å²) in [6.07, 6.45) is 1.52. The van der Waals surface area contributed by atoms with Crippen LogP contribution in [-0.4, -0.2) is 43.4 Å². The van der Waals surface area contributed by atoms with Crippen LogP contribution < -0.4 is 10.6 Å². The van der Waals surface area contributed by atoms with Crippen LogP contribution in [0.3, 0.4) is 0 Å². The minimum absolute atomic E-state index is 0.256. The number of likely N-dealkylation sites (tertiary alicyclic amines) is 1. The highest BCUT2D eigenvalue weighted by Crippen LogP contribution is 2.17. The normalized spacial score (nSPS) is 16.9. The molecule has 1 aliphatic rings. The number of amides is 1. The summed E-state index contributed by atoms with van der Waals surface area (Å²) in [6, 6.07) is 16.8. The molecule has 2 aromatic carbocycles. The minimum Gasteiger partial charge on any atom is -0.356 e. The third-order valence-corrected chi connectivity index (χ3v) is 5.53. The number of hydrogen-bond donors (Lipinski definition) is 2. The van der Waals surface area contributed by atoms with Gasteiger partial charge in [0.15, 0.2) is 5.96 Å². The zero-order valence-electron chi connectivity index (χ0n) is 17.7. The molecule has 0 aliphatic carbocycles. The molecule has 0 radical (unpaired) electrons. The predicted molar refractivity (Wildman–Crippen MR) is 119 cm³/mol. The zero-order valence-corrected chi connectivity index (χ0v) is 17.7. The van der Waals surface area contributed by atoms with Gasteiger partial charge in [-0.1, -0.05) is 54.1 Å². The van der Waals surface area contributed by atoms with Gasteiger partial charge < -0.3 is 15.5 Å². The molecule has 154 valence electrons. The van der Waals surface area contributed by atoms with Crippen molar-refractivity contribution in [1.82, 2.24) is 15.5 Å². The molecular weight excluding hydrogens is 360 g/mol. The molecule has 2 aromatic rings. The van der Waals surface area contributed by atoms with Gasteiger partial charge in [-0.2, -0.15) is 0 Å². The van der Waals surface area contributed by atoms with E-state index in [1.165, 1.54) is 22.3 Å². The van der Waals surface area contributed by atoms with Crippen molar-refractivity contribution >= 4 is 11.9 Å². The Morgan fingerprint density at radius 3 is 2.66 bits per heavy atom. The molecule has 1 heterocycles. The van der Waals surface area contributed by atoms with Crippen LogP contribution in [0.4, 0.5) is 0 Å². The van der Waals surface area contributed by atoms with E-state index in [-0.39, 0.29) is 5.91 Å². The second-order valence-electron chi connectivity index (χ2n) is 7.88. The number of rotatable bonds is 7. The standard InChI is InChI=1S/C24H32N4O/c1-18-9-10-22(19(2)13-18)16-27-24(25-3)26-15-21-14-23(29)28(17-21)12-11-20-7-5-4-6-8-20/h4-10,13,21H,11-12,14-17H2,1-3H3,(H2,25,26,27). The van der Waals surface area contributed by atoms with Crippen LogP contribution in [0.15, 0.2) is 53.5 Å². The van der Waals surface area contributed by atoms with E-state index >= 15 is 0 Å². The largest absolute Gasteiger partial charge is 0.356 e. The van der Waals surface area contributed by atoms with Crippen LogP contribution >= 0.6 is 0 Å². The van der Waals surface area contributed by atoms with E-state index in [0.29, 0.717) is 12.3 Å². The second kappa shape index (κ2) is 10.1. The van der Waals surface area contributed by atoms with Crippen molar-refractivity contribution in [2.75, 3.05) is 26.7 Å². The average molecular weight is 393 g/mol. The number of carbonyl (C=O) groups is 1. The van der Waals surface area contributed by atoms with Gasteiger partial charge in [-0.15, -0.1) is 0 Å². The maximum atomic E-state index is 12.3. The minimum atomic E-state index is 0.256. The smallest absolute Gasteiger partial charge is 0.223 e. The van der Waals surface area contributed by atoms with E-state index in [9.17, 15) is 4.79 Å². The summed E-state index contributed by atoms with van der Waals surface area (Å²) in [5.41, 5.74) is 5.10. The zero-order chi connectivity index (χ0) is 20.6. The Morgan fingerprint density at radius 1 is 1.14 bits per heavy atom. The molecule has 0 aromatic heterocycles. The van der Waals surface area contributed by atoms with Crippen molar-refractivity contribution < 1.29 is 4.79 Å². The van der Waals surface area contributed by atoms with Gasteiger partial charge in [0.25, 0.3) is 0 Å². The van der Waals surface area contributed by atoms with Crippen molar-refractivity contribution in [2.45, 2.75) is 33.2 Å². The lowest BCUT2D eigenvalue weighted by atomic mass is 10.1. The maximum Gasteiger partial charge on any atom is 0.223 e. The lowest BCUT2D eigenvalue weighted by Gasteiger charge is -2.18. The predicted octanol–water partition coefficient (Wildman–Crippen LogP) is 3.06. The van der Waals surface area contributed by atoms with Crippen molar-refractivity contribution in [3.63, 3.8) is 0 Å². The third-order valence-electron chi connectivity index (χ3n) is 5.53. The summed E-state index contributed by atoms with van der Waals surface area (Å²) in [7, 11) is 1.78. The van der Waals surface area contributed by atoms with E-state index in [0.717, 1.165) is 38.6 Å². The summed E-state index contributed by atoms with van der Waals surface area (Å²) >= 11 is 0. The number of nitrogens with one attached hydrogen (secondary N) is 2. The SMILES string of the molecule is CN=C(NCc1ccc(C)cc1C)NCC1CC(=O)N(CCc2ccccc2)C1. The lowest BCUT2D eigenvalue weighted by Crippen LogP contribution is -2.40. The molecule has 29 heavy (non-hydrogen) atoms. The van der Waals surface area contributed by atoms with Crippen LogP contribution in [0.1, 0.15) is 28.7 Å². The Hall–Kier alpha value is -2.82. The molecule has 1 unspecified atom stereocenters. The Labute approximate surface area is 174 Å². The molecule has 1 aliphatic heterocycles. The third kappa shape index (κ3) is 6.08. The topological polar surface area (TPSA) is 56.7 Å². The molecule has 0 bridgehead atoms. The number of carbonyl (C=O) groups excluding carboxylic acids is 1. The van der Waals surface area contributed by atoms with E-state index in [1.54, 1.807) is 7.05 Å². The number of hydrogen-bond acceptors (Lipinski definition) is 2. The second-order valence-corrected chi connectivity index (χ2v) is 7.88. The Balaban J connectivity index is 1.43. The molecular formula is C24H32N4O. The van der Waals surface area contributed by atoms with Crippen LogP contribution in [0.5, 0.6) is 0 Å². The number of nitrogens with zero attached hydrogens (tertiary/aromatic N) is 2. The average Bonchev–Trinajstić information content (AvgIpc) is 3.08. The lowest BCUT2D eigenvalue weighted by molar-refractivity contribution is -0.127. The summed E-state index contributed by atoms with van der Waals surface area (Å²) in [4.78, 5) is 18.7. The van der Waals surface area contributed by atoms with Gasteiger partial charge in [-0.05, 0) is 37.0 Å². The van der Waals surface area contributed by atoms with Gasteiger partial charge in [0, 0.05) is 45.6 Å². The first-order chi connectivity index (χ1) is 14.0. The van der Waals surface area contributed by atoms with E-state index in [2.05, 4.69) is 59.8 Å². The molecule has 2 N–H and O–H groups in total. The number of aliphatic imine (C=N–C) groups is 1. The van der Waals surface area contributed by atoms with Crippen molar-refractivity contribution in [3.8, 4) is 0 Å². The van der Waals surface area contributed by atoms with Gasteiger partial charge in [0.2, 0.25) is 5.91 Å². The molecule has 1 saturated heterocycles. The quantitative estimate of drug-likeness (QED) is 0.562. The Bertz CT molecular complexity index is 847. The molecule has 1 atom stereocenters. The van der Waals surface area contributed by atoms with Crippen LogP contribution in [-0.2, 0) is 17.8 Å². The van der Waals surface area contributed by atoms with Crippen molar-refractivity contribution in [2.24, 2.45) is 10.9 Å². The van der Waals surface area contributed by atoms with E-state index in [1.807, 2.05) is 23.1 Å².